The van der Waals surface area contributed by atoms with Crippen LogP contribution in [0.15, 0.2) is 0 Å². The summed E-state index contributed by atoms with van der Waals surface area (Å²) >= 11 is 0. The minimum Gasteiger partial charge on any atom is -0.376 e. The van der Waals surface area contributed by atoms with Crippen molar-refractivity contribution in [2.45, 2.75) is 39.0 Å². The van der Waals surface area contributed by atoms with Gasteiger partial charge in [0.2, 0.25) is 0 Å². The fourth-order valence-corrected chi connectivity index (χ4v) is 0.473. The van der Waals surface area contributed by atoms with E-state index in [1.54, 1.807) is 20.8 Å². The molecule has 0 aromatic heterocycles. The zero-order valence-corrected chi connectivity index (χ0v) is 6.96. The van der Waals surface area contributed by atoms with Crippen LogP contribution < -0.4 is 0 Å². The average molecular weight is 170 g/mol. The van der Waals surface area contributed by atoms with Crippen LogP contribution in [-0.2, 0) is 4.74 Å². The van der Waals surface area contributed by atoms with Crippen LogP contribution in [0.1, 0.15) is 27.2 Å². The highest BCUT2D eigenvalue weighted by molar-refractivity contribution is 4.59. The van der Waals surface area contributed by atoms with Crippen molar-refractivity contribution in [1.82, 2.24) is 0 Å². The predicted molar refractivity (Wildman–Crippen MR) is 36.4 cm³/mol. The quantitative estimate of drug-likeness (QED) is 0.619. The van der Waals surface area contributed by atoms with Crippen molar-refractivity contribution >= 4 is 0 Å². The number of alkyl halides is 3. The fourth-order valence-electron chi connectivity index (χ4n) is 0.473. The van der Waals surface area contributed by atoms with Gasteiger partial charge in [-0.15, -0.1) is 0 Å². The number of hydrogen-bond donors (Lipinski definition) is 0. The molecule has 11 heavy (non-hydrogen) atoms. The minimum atomic E-state index is -4.11. The summed E-state index contributed by atoms with van der Waals surface area (Å²) in [5.74, 6) is 0. The highest BCUT2D eigenvalue weighted by Gasteiger charge is 2.27. The first-order chi connectivity index (χ1) is 4.71. The number of halogens is 3. The summed E-state index contributed by atoms with van der Waals surface area (Å²) in [4.78, 5) is 0. The van der Waals surface area contributed by atoms with E-state index in [0.717, 1.165) is 0 Å². The van der Waals surface area contributed by atoms with Gasteiger partial charge in [0.25, 0.3) is 0 Å². The van der Waals surface area contributed by atoms with Gasteiger partial charge in [0.05, 0.1) is 18.6 Å². The molecule has 0 N–H and O–H groups in total. The van der Waals surface area contributed by atoms with Crippen molar-refractivity contribution in [3.63, 3.8) is 0 Å². The molecular weight excluding hydrogens is 157 g/mol. The Balaban J connectivity index is 3.44. The third-order valence-electron chi connectivity index (χ3n) is 0.921. The molecule has 0 aromatic rings. The Morgan fingerprint density at radius 1 is 1.09 bits per heavy atom. The molecule has 0 spiro atoms. The van der Waals surface area contributed by atoms with Crippen molar-refractivity contribution in [3.8, 4) is 0 Å². The molecule has 0 saturated carbocycles. The van der Waals surface area contributed by atoms with Gasteiger partial charge < -0.3 is 4.74 Å². The zero-order valence-electron chi connectivity index (χ0n) is 6.96. The van der Waals surface area contributed by atoms with E-state index in [4.69, 9.17) is 4.74 Å². The highest BCUT2D eigenvalue weighted by Crippen LogP contribution is 2.20. The van der Waals surface area contributed by atoms with Crippen LogP contribution in [0.2, 0.25) is 0 Å². The maximum atomic E-state index is 11.6. The average Bonchev–Trinajstić information content (AvgIpc) is 1.55. The Kier molecular flexibility index (Phi) is 3.35. The van der Waals surface area contributed by atoms with Gasteiger partial charge in [0.1, 0.15) is 0 Å². The van der Waals surface area contributed by atoms with E-state index >= 15 is 0 Å². The van der Waals surface area contributed by atoms with Crippen LogP contribution in [0.4, 0.5) is 13.2 Å². The lowest BCUT2D eigenvalue weighted by molar-refractivity contribution is -0.153. The summed E-state index contributed by atoms with van der Waals surface area (Å²) in [5.41, 5.74) is -0.481. The zero-order chi connectivity index (χ0) is 9.12. The molecule has 0 radical (unpaired) electrons. The van der Waals surface area contributed by atoms with Crippen molar-refractivity contribution in [2.75, 3.05) is 6.61 Å². The smallest absolute Gasteiger partial charge is 0.376 e. The van der Waals surface area contributed by atoms with E-state index in [-0.39, 0.29) is 6.61 Å². The molecule has 0 atom stereocenters. The van der Waals surface area contributed by atoms with Crippen LogP contribution in [-0.4, -0.2) is 18.4 Å². The summed E-state index contributed by atoms with van der Waals surface area (Å²) < 4.78 is 39.5. The van der Waals surface area contributed by atoms with E-state index in [9.17, 15) is 13.2 Å². The first-order valence-electron chi connectivity index (χ1n) is 3.41. The molecule has 0 aliphatic heterocycles. The maximum Gasteiger partial charge on any atom is 0.391 e. The van der Waals surface area contributed by atoms with Gasteiger partial charge in [-0.05, 0) is 20.8 Å². The predicted octanol–water partition coefficient (Wildman–Crippen LogP) is 2.75. The van der Waals surface area contributed by atoms with Crippen LogP contribution in [0, 0.1) is 0 Å². The lowest BCUT2D eigenvalue weighted by atomic mass is 10.2. The topological polar surface area (TPSA) is 9.23 Å². The number of ether oxygens (including phenoxy) is 1. The molecule has 68 valence electrons. The van der Waals surface area contributed by atoms with Crippen molar-refractivity contribution in [1.29, 1.82) is 0 Å². The Morgan fingerprint density at radius 3 is 1.82 bits per heavy atom. The summed E-state index contributed by atoms with van der Waals surface area (Å²) in [6.07, 6.45) is -4.98. The van der Waals surface area contributed by atoms with E-state index in [1.807, 2.05) is 0 Å². The Hall–Kier alpha value is -0.250. The van der Waals surface area contributed by atoms with Gasteiger partial charge in [-0.1, -0.05) is 0 Å². The number of rotatable bonds is 2. The minimum absolute atomic E-state index is 0.257. The molecule has 0 amide bonds. The largest absolute Gasteiger partial charge is 0.391 e. The van der Waals surface area contributed by atoms with Gasteiger partial charge >= 0.3 is 6.18 Å². The maximum absolute atomic E-state index is 11.6. The van der Waals surface area contributed by atoms with Gasteiger partial charge in [-0.2, -0.15) is 13.2 Å². The van der Waals surface area contributed by atoms with Crippen LogP contribution in [0.25, 0.3) is 0 Å². The monoisotopic (exact) mass is 170 g/mol. The van der Waals surface area contributed by atoms with Crippen molar-refractivity contribution < 1.29 is 17.9 Å². The molecule has 0 saturated heterocycles. The summed E-state index contributed by atoms with van der Waals surface area (Å²) in [6, 6.07) is 0. The van der Waals surface area contributed by atoms with Crippen LogP contribution in [0.5, 0.6) is 0 Å². The third-order valence-corrected chi connectivity index (χ3v) is 0.921. The molecule has 4 heteroatoms. The molecule has 0 fully saturated rings. The lowest BCUT2D eigenvalue weighted by Crippen LogP contribution is -2.22. The van der Waals surface area contributed by atoms with E-state index in [1.165, 1.54) is 0 Å². The Bertz CT molecular complexity index is 97.8. The molecule has 0 aliphatic rings. The van der Waals surface area contributed by atoms with Crippen LogP contribution >= 0.6 is 0 Å². The van der Waals surface area contributed by atoms with Gasteiger partial charge in [0, 0.05) is 0 Å². The first-order valence-corrected chi connectivity index (χ1v) is 3.41. The molecule has 0 unspecified atom stereocenters. The van der Waals surface area contributed by atoms with Gasteiger partial charge in [-0.3, -0.25) is 0 Å². The van der Waals surface area contributed by atoms with Crippen LogP contribution in [0.3, 0.4) is 0 Å². The summed E-state index contributed by atoms with van der Waals surface area (Å²) in [5, 5.41) is 0. The van der Waals surface area contributed by atoms with Gasteiger partial charge in [0.15, 0.2) is 0 Å². The summed E-state index contributed by atoms with van der Waals surface area (Å²) in [6.45, 7) is 4.92. The van der Waals surface area contributed by atoms with Gasteiger partial charge in [-0.25, -0.2) is 0 Å². The normalized spacial score (nSPS) is 13.6. The van der Waals surface area contributed by atoms with E-state index < -0.39 is 18.2 Å². The molecule has 0 heterocycles. The molecule has 0 aliphatic carbocycles. The molecule has 1 nitrogen and oxygen atoms in total. The molecule has 0 rings (SSSR count). The first kappa shape index (κ1) is 10.8. The second-order valence-electron chi connectivity index (χ2n) is 3.33. The number of hydrogen-bond acceptors (Lipinski definition) is 1. The molecule has 0 bridgehead atoms. The van der Waals surface area contributed by atoms with E-state index in [2.05, 4.69) is 0 Å². The molecule has 0 aromatic carbocycles. The highest BCUT2D eigenvalue weighted by atomic mass is 19.4. The second kappa shape index (κ2) is 3.43. The van der Waals surface area contributed by atoms with Crippen molar-refractivity contribution in [3.05, 3.63) is 0 Å². The van der Waals surface area contributed by atoms with Crippen molar-refractivity contribution in [2.24, 2.45) is 0 Å². The second-order valence-corrected chi connectivity index (χ2v) is 3.33. The Morgan fingerprint density at radius 2 is 1.55 bits per heavy atom. The van der Waals surface area contributed by atoms with E-state index in [0.29, 0.717) is 0 Å². The fraction of sp³-hybridized carbons (Fsp3) is 1.00. The summed E-state index contributed by atoms with van der Waals surface area (Å²) in [7, 11) is 0. The SMILES string of the molecule is CC(C)(C)OCCC(F)(F)F. The lowest BCUT2D eigenvalue weighted by Gasteiger charge is -2.19. The molecular formula is C7H13F3O. The standard InChI is InChI=1S/C7H13F3O/c1-6(2,3)11-5-4-7(8,9)10/h4-5H2,1-3H3. The Labute approximate surface area is 64.5 Å². The third kappa shape index (κ3) is 9.75.